The smallest absolute Gasteiger partial charge is 0.319 e. The van der Waals surface area contributed by atoms with E-state index in [1.807, 2.05) is 32.0 Å². The highest BCUT2D eigenvalue weighted by molar-refractivity contribution is 5.90. The molecular formula is C21H29N7O2. The molecule has 2 amide bonds. The Bertz CT molecular complexity index is 893. The second-order valence-electron chi connectivity index (χ2n) is 7.77. The van der Waals surface area contributed by atoms with Crippen LogP contribution in [0.3, 0.4) is 0 Å². The van der Waals surface area contributed by atoms with Crippen molar-refractivity contribution in [1.82, 2.24) is 20.3 Å². The molecule has 2 N–H and O–H groups in total. The Labute approximate surface area is 176 Å². The van der Waals surface area contributed by atoms with E-state index in [0.29, 0.717) is 30.9 Å². The zero-order chi connectivity index (χ0) is 20.9. The number of ether oxygens (including phenoxy) is 1. The van der Waals surface area contributed by atoms with Crippen LogP contribution in [-0.2, 0) is 11.3 Å². The first-order valence-electron chi connectivity index (χ1n) is 10.5. The van der Waals surface area contributed by atoms with E-state index in [1.165, 1.54) is 0 Å². The van der Waals surface area contributed by atoms with Crippen LogP contribution in [-0.4, -0.2) is 60.4 Å². The maximum atomic E-state index is 12.4. The highest BCUT2D eigenvalue weighted by Gasteiger charge is 2.21. The predicted molar refractivity (Wildman–Crippen MR) is 116 cm³/mol. The lowest BCUT2D eigenvalue weighted by molar-refractivity contribution is 0.122. The molecule has 2 aliphatic heterocycles. The fraction of sp³-hybridized carbons (Fsp3) is 0.524. The summed E-state index contributed by atoms with van der Waals surface area (Å²) in [6.07, 6.45) is 2.29. The number of nitrogens with zero attached hydrogens (tertiary/aromatic N) is 5. The van der Waals surface area contributed by atoms with E-state index in [1.54, 1.807) is 0 Å². The lowest BCUT2D eigenvalue weighted by Crippen LogP contribution is -2.38. The van der Waals surface area contributed by atoms with Gasteiger partial charge in [-0.15, -0.1) is 0 Å². The number of aromatic nitrogens is 3. The highest BCUT2D eigenvalue weighted by Crippen LogP contribution is 2.20. The van der Waals surface area contributed by atoms with Gasteiger partial charge >= 0.3 is 6.03 Å². The van der Waals surface area contributed by atoms with E-state index in [2.05, 4.69) is 30.4 Å². The molecule has 1 aromatic carbocycles. The molecule has 0 radical (unpaired) electrons. The first kappa shape index (κ1) is 20.3. The summed E-state index contributed by atoms with van der Waals surface area (Å²) in [6, 6.07) is 5.65. The van der Waals surface area contributed by atoms with Crippen LogP contribution in [0.2, 0.25) is 0 Å². The van der Waals surface area contributed by atoms with E-state index < -0.39 is 0 Å². The lowest BCUT2D eigenvalue weighted by atomic mass is 10.1. The van der Waals surface area contributed by atoms with Gasteiger partial charge in [0.25, 0.3) is 0 Å². The van der Waals surface area contributed by atoms with Crippen LogP contribution < -0.4 is 20.4 Å². The number of aryl methyl sites for hydroxylation is 2. The summed E-state index contributed by atoms with van der Waals surface area (Å²) < 4.78 is 5.45. The molecule has 3 heterocycles. The van der Waals surface area contributed by atoms with Crippen molar-refractivity contribution in [2.75, 3.05) is 54.5 Å². The molecule has 0 bridgehead atoms. The summed E-state index contributed by atoms with van der Waals surface area (Å²) in [5.41, 5.74) is 2.98. The highest BCUT2D eigenvalue weighted by atomic mass is 16.5. The zero-order valence-electron chi connectivity index (χ0n) is 17.6. The minimum absolute atomic E-state index is 0.234. The van der Waals surface area contributed by atoms with Crippen molar-refractivity contribution in [2.24, 2.45) is 0 Å². The summed E-state index contributed by atoms with van der Waals surface area (Å²) >= 11 is 0. The molecule has 9 heteroatoms. The van der Waals surface area contributed by atoms with E-state index in [9.17, 15) is 4.79 Å². The van der Waals surface area contributed by atoms with Crippen molar-refractivity contribution >= 4 is 23.6 Å². The number of urea groups is 1. The normalized spacial score (nSPS) is 16.6. The van der Waals surface area contributed by atoms with Crippen molar-refractivity contribution in [3.63, 3.8) is 0 Å². The Balaban J connectivity index is 1.46. The van der Waals surface area contributed by atoms with E-state index >= 15 is 0 Å². The third-order valence-electron chi connectivity index (χ3n) is 5.38. The van der Waals surface area contributed by atoms with Crippen LogP contribution in [0.15, 0.2) is 18.2 Å². The van der Waals surface area contributed by atoms with Gasteiger partial charge in [0.05, 0.1) is 19.8 Å². The molecule has 2 aromatic rings. The molecular weight excluding hydrogens is 382 g/mol. The largest absolute Gasteiger partial charge is 0.378 e. The molecule has 2 saturated heterocycles. The van der Waals surface area contributed by atoms with Gasteiger partial charge < -0.3 is 25.2 Å². The monoisotopic (exact) mass is 411 g/mol. The van der Waals surface area contributed by atoms with Crippen LogP contribution in [0, 0.1) is 13.8 Å². The number of benzene rings is 1. The average Bonchev–Trinajstić information content (AvgIpc) is 3.30. The Hall–Kier alpha value is -2.94. The lowest BCUT2D eigenvalue weighted by Gasteiger charge is -2.28. The summed E-state index contributed by atoms with van der Waals surface area (Å²) in [5, 5.41) is 5.77. The Morgan fingerprint density at radius 3 is 2.33 bits per heavy atom. The molecule has 0 aliphatic carbocycles. The van der Waals surface area contributed by atoms with Crippen LogP contribution in [0.5, 0.6) is 0 Å². The van der Waals surface area contributed by atoms with Crippen LogP contribution in [0.4, 0.5) is 22.4 Å². The minimum Gasteiger partial charge on any atom is -0.378 e. The van der Waals surface area contributed by atoms with Crippen molar-refractivity contribution in [1.29, 1.82) is 0 Å². The summed E-state index contributed by atoms with van der Waals surface area (Å²) in [4.78, 5) is 30.7. The number of nitrogens with one attached hydrogen (secondary N) is 2. The molecule has 160 valence electrons. The van der Waals surface area contributed by atoms with Gasteiger partial charge in [0.2, 0.25) is 11.9 Å². The molecule has 30 heavy (non-hydrogen) atoms. The van der Waals surface area contributed by atoms with Crippen molar-refractivity contribution < 1.29 is 9.53 Å². The summed E-state index contributed by atoms with van der Waals surface area (Å²) in [6.45, 7) is 8.98. The van der Waals surface area contributed by atoms with Gasteiger partial charge in [-0.2, -0.15) is 15.0 Å². The fourth-order valence-electron chi connectivity index (χ4n) is 3.72. The third-order valence-corrected chi connectivity index (χ3v) is 5.38. The Kier molecular flexibility index (Phi) is 6.27. The van der Waals surface area contributed by atoms with Crippen LogP contribution in [0.1, 0.15) is 29.8 Å². The number of hydrogen-bond donors (Lipinski definition) is 2. The number of morpholine rings is 1. The van der Waals surface area contributed by atoms with E-state index in [4.69, 9.17) is 9.72 Å². The number of anilines is 3. The van der Waals surface area contributed by atoms with Crippen molar-refractivity contribution in [3.05, 3.63) is 35.2 Å². The average molecular weight is 412 g/mol. The topological polar surface area (TPSA) is 95.5 Å². The van der Waals surface area contributed by atoms with Gasteiger partial charge in [-0.25, -0.2) is 4.79 Å². The first-order valence-corrected chi connectivity index (χ1v) is 10.5. The van der Waals surface area contributed by atoms with E-state index in [0.717, 1.165) is 55.8 Å². The van der Waals surface area contributed by atoms with Gasteiger partial charge in [0.1, 0.15) is 0 Å². The van der Waals surface area contributed by atoms with E-state index in [-0.39, 0.29) is 12.6 Å². The Morgan fingerprint density at radius 2 is 1.67 bits per heavy atom. The number of hydrogen-bond acceptors (Lipinski definition) is 7. The molecule has 4 rings (SSSR count). The standard InChI is InChI=1S/C21H29N7O2/c1-15-5-6-17(16(2)13-15)23-21(29)22-14-18-24-19(27-7-3-4-8-27)26-20(25-18)28-9-11-30-12-10-28/h5-6,13H,3-4,7-12,14H2,1-2H3,(H2,22,23,29). The second-order valence-corrected chi connectivity index (χ2v) is 7.77. The molecule has 0 saturated carbocycles. The SMILES string of the molecule is Cc1ccc(NC(=O)NCc2nc(N3CCCC3)nc(N3CCOCC3)n2)c(C)c1. The maximum Gasteiger partial charge on any atom is 0.319 e. The maximum absolute atomic E-state index is 12.4. The molecule has 1 aromatic heterocycles. The number of carbonyl (C=O) groups is 1. The number of rotatable bonds is 5. The van der Waals surface area contributed by atoms with Crippen LogP contribution >= 0.6 is 0 Å². The molecule has 0 unspecified atom stereocenters. The van der Waals surface area contributed by atoms with Gasteiger partial charge in [0, 0.05) is 31.9 Å². The fourth-order valence-corrected chi connectivity index (χ4v) is 3.72. The summed E-state index contributed by atoms with van der Waals surface area (Å²) in [5.74, 6) is 1.90. The van der Waals surface area contributed by atoms with Crippen LogP contribution in [0.25, 0.3) is 0 Å². The molecule has 2 fully saturated rings. The van der Waals surface area contributed by atoms with Crippen molar-refractivity contribution in [3.8, 4) is 0 Å². The molecule has 9 nitrogen and oxygen atoms in total. The molecule has 0 atom stereocenters. The summed E-state index contributed by atoms with van der Waals surface area (Å²) in [7, 11) is 0. The third kappa shape index (κ3) is 4.96. The molecule has 2 aliphatic rings. The molecule has 0 spiro atoms. The van der Waals surface area contributed by atoms with Gasteiger partial charge in [-0.05, 0) is 38.3 Å². The zero-order valence-corrected chi connectivity index (χ0v) is 17.6. The first-order chi connectivity index (χ1) is 14.6. The van der Waals surface area contributed by atoms with Gasteiger partial charge in [0.15, 0.2) is 5.82 Å². The second kappa shape index (κ2) is 9.25. The Morgan fingerprint density at radius 1 is 1.00 bits per heavy atom. The van der Waals surface area contributed by atoms with Gasteiger partial charge in [-0.3, -0.25) is 0 Å². The minimum atomic E-state index is -0.280. The quantitative estimate of drug-likeness (QED) is 0.779. The van der Waals surface area contributed by atoms with Gasteiger partial charge in [-0.1, -0.05) is 17.7 Å². The van der Waals surface area contributed by atoms with Crippen molar-refractivity contribution in [2.45, 2.75) is 33.2 Å². The number of amides is 2. The predicted octanol–water partition coefficient (Wildman–Crippen LogP) is 2.25. The number of carbonyl (C=O) groups excluding carboxylic acids is 1.